The highest BCUT2D eigenvalue weighted by Gasteiger charge is 2.89. The highest BCUT2D eigenvalue weighted by molar-refractivity contribution is 5.97. The molecule has 0 amide bonds. The largest absolute Gasteiger partial charge is 0.387 e. The molecule has 0 aromatic heterocycles. The fraction of sp³-hybridized carbons (Fsp3) is 0.700. The molecule has 8 unspecified atom stereocenters. The van der Waals surface area contributed by atoms with Crippen LogP contribution in [-0.2, 0) is 14.3 Å². The quantitative estimate of drug-likeness (QED) is 0.755. The summed E-state index contributed by atoms with van der Waals surface area (Å²) >= 11 is 0. The average molecular weight is 341 g/mol. The van der Waals surface area contributed by atoms with Crippen LogP contribution in [-0.4, -0.2) is 58.5 Å². The third-order valence-electron chi connectivity index (χ3n) is 8.50. The van der Waals surface area contributed by atoms with Crippen LogP contribution in [0.15, 0.2) is 24.8 Å². The summed E-state index contributed by atoms with van der Waals surface area (Å²) in [6.07, 6.45) is 7.25. The number of likely N-dealkylation sites (tertiary alicyclic amines) is 1. The van der Waals surface area contributed by atoms with Crippen molar-refractivity contribution in [2.75, 3.05) is 13.1 Å². The number of carbonyl (C=O) groups is 2. The van der Waals surface area contributed by atoms with Crippen LogP contribution >= 0.6 is 0 Å². The first-order chi connectivity index (χ1) is 12.0. The van der Waals surface area contributed by atoms with Gasteiger partial charge in [-0.1, -0.05) is 12.2 Å². The van der Waals surface area contributed by atoms with Gasteiger partial charge in [0.1, 0.15) is 12.2 Å². The van der Waals surface area contributed by atoms with Gasteiger partial charge in [-0.2, -0.15) is 0 Å². The van der Waals surface area contributed by atoms with E-state index in [4.69, 9.17) is 4.74 Å². The lowest BCUT2D eigenvalue weighted by Gasteiger charge is -2.71. The molecule has 2 saturated heterocycles. The zero-order valence-corrected chi connectivity index (χ0v) is 14.2. The van der Waals surface area contributed by atoms with Gasteiger partial charge in [-0.05, 0) is 31.3 Å². The molecule has 0 aromatic rings. The van der Waals surface area contributed by atoms with Gasteiger partial charge in [-0.3, -0.25) is 14.5 Å². The molecule has 5 heteroatoms. The third-order valence-corrected chi connectivity index (χ3v) is 8.50. The molecule has 6 aliphatic rings. The van der Waals surface area contributed by atoms with Gasteiger partial charge in [-0.15, -0.1) is 6.58 Å². The Morgan fingerprint density at radius 3 is 3.08 bits per heavy atom. The zero-order valence-electron chi connectivity index (χ0n) is 14.2. The predicted octanol–water partition coefficient (Wildman–Crippen LogP) is 0.869. The summed E-state index contributed by atoms with van der Waals surface area (Å²) in [4.78, 5) is 27.7. The highest BCUT2D eigenvalue weighted by Crippen LogP contribution is 2.81. The molecule has 6 rings (SSSR count). The van der Waals surface area contributed by atoms with Gasteiger partial charge >= 0.3 is 0 Å². The summed E-state index contributed by atoms with van der Waals surface area (Å²) in [6, 6.07) is 0.0223. The molecule has 3 saturated carbocycles. The molecule has 8 atom stereocenters. The summed E-state index contributed by atoms with van der Waals surface area (Å²) in [5.41, 5.74) is -1.71. The summed E-state index contributed by atoms with van der Waals surface area (Å²) in [5.74, 6) is 0.218. The van der Waals surface area contributed by atoms with Crippen LogP contribution in [0.2, 0.25) is 0 Å². The number of rotatable bonds is 2. The molecular weight excluding hydrogens is 318 g/mol. The zero-order chi connectivity index (χ0) is 17.2. The van der Waals surface area contributed by atoms with Gasteiger partial charge in [0.15, 0.2) is 11.6 Å². The van der Waals surface area contributed by atoms with E-state index in [2.05, 4.69) is 11.5 Å². The molecular formula is C20H23NO4. The van der Waals surface area contributed by atoms with Gasteiger partial charge in [0.2, 0.25) is 0 Å². The first-order valence-electron chi connectivity index (χ1n) is 9.46. The lowest BCUT2D eigenvalue weighted by Crippen LogP contribution is -2.80. The van der Waals surface area contributed by atoms with Gasteiger partial charge < -0.3 is 9.84 Å². The Labute approximate surface area is 146 Å². The molecule has 2 heterocycles. The summed E-state index contributed by atoms with van der Waals surface area (Å²) in [5, 5.41) is 12.2. The average Bonchev–Trinajstić information content (AvgIpc) is 2.98. The second-order valence-corrected chi connectivity index (χ2v) is 9.09. The van der Waals surface area contributed by atoms with Crippen LogP contribution in [0.1, 0.15) is 25.7 Å². The van der Waals surface area contributed by atoms with Crippen molar-refractivity contribution in [3.63, 3.8) is 0 Å². The maximum atomic E-state index is 12.9. The van der Waals surface area contributed by atoms with E-state index in [0.717, 1.165) is 32.4 Å². The number of nitrogens with zero attached hydrogens (tertiary/aromatic N) is 1. The molecule has 0 aromatic carbocycles. The van der Waals surface area contributed by atoms with Crippen LogP contribution in [0, 0.1) is 22.7 Å². The number of ketones is 2. The number of allylic oxidation sites excluding steroid dienone is 1. The molecule has 4 aliphatic carbocycles. The fourth-order valence-electron chi connectivity index (χ4n) is 7.94. The Morgan fingerprint density at radius 1 is 1.44 bits per heavy atom. The van der Waals surface area contributed by atoms with Crippen molar-refractivity contribution in [2.45, 2.75) is 49.5 Å². The van der Waals surface area contributed by atoms with Gasteiger partial charge in [0.25, 0.3) is 0 Å². The van der Waals surface area contributed by atoms with Gasteiger partial charge in [-0.25, -0.2) is 0 Å². The first-order valence-corrected chi connectivity index (χ1v) is 9.46. The normalized spacial score (nSPS) is 57.9. The SMILES string of the molecule is C=CCN1CC23CCC(=O)C4OC5C(=O)C=CC6CC1C2(O)C4(C3)C65. The van der Waals surface area contributed by atoms with Crippen LogP contribution in [0.4, 0.5) is 0 Å². The van der Waals surface area contributed by atoms with E-state index in [-0.39, 0.29) is 34.9 Å². The Bertz CT molecular complexity index is 761. The van der Waals surface area contributed by atoms with Crippen molar-refractivity contribution in [3.05, 3.63) is 24.8 Å². The van der Waals surface area contributed by atoms with Crippen LogP contribution in [0.5, 0.6) is 0 Å². The number of Topliss-reactive ketones (excluding diaryl/α,β-unsaturated/α-hetero) is 1. The summed E-state index contributed by atoms with van der Waals surface area (Å²) in [7, 11) is 0. The van der Waals surface area contributed by atoms with Crippen molar-refractivity contribution in [1.82, 2.24) is 4.90 Å². The van der Waals surface area contributed by atoms with Gasteiger partial charge in [0.05, 0.1) is 5.60 Å². The monoisotopic (exact) mass is 341 g/mol. The van der Waals surface area contributed by atoms with Crippen LogP contribution in [0.3, 0.4) is 0 Å². The third kappa shape index (κ3) is 1.26. The Hall–Kier alpha value is -1.30. The van der Waals surface area contributed by atoms with E-state index in [1.807, 2.05) is 12.2 Å². The van der Waals surface area contributed by atoms with Crippen molar-refractivity contribution in [2.24, 2.45) is 22.7 Å². The maximum absolute atomic E-state index is 12.9. The summed E-state index contributed by atoms with van der Waals surface area (Å²) < 4.78 is 6.13. The molecule has 5 fully saturated rings. The minimum Gasteiger partial charge on any atom is -0.387 e. The second-order valence-electron chi connectivity index (χ2n) is 9.09. The number of hydrogen-bond acceptors (Lipinski definition) is 5. The number of ether oxygens (including phenoxy) is 1. The minimum atomic E-state index is -0.915. The molecule has 1 N–H and O–H groups in total. The topological polar surface area (TPSA) is 66.8 Å². The standard InChI is InChI=1S/C20H23NO4/c1-2-7-21-10-18-6-5-13(23)17-19(9-18)15-11(8-14(21)20(18,19)24)3-4-12(22)16(15)25-17/h2-4,11,14-17,24H,1,5-10H2. The Morgan fingerprint density at radius 2 is 2.28 bits per heavy atom. The smallest absolute Gasteiger partial charge is 0.184 e. The first kappa shape index (κ1) is 14.8. The Kier molecular flexibility index (Phi) is 2.47. The van der Waals surface area contributed by atoms with E-state index >= 15 is 0 Å². The lowest BCUT2D eigenvalue weighted by atomic mass is 9.33. The van der Waals surface area contributed by atoms with E-state index in [9.17, 15) is 14.7 Å². The summed E-state index contributed by atoms with van der Waals surface area (Å²) in [6.45, 7) is 5.47. The Balaban J connectivity index is 1.59. The highest BCUT2D eigenvalue weighted by atomic mass is 16.5. The van der Waals surface area contributed by atoms with E-state index < -0.39 is 23.2 Å². The number of aliphatic hydroxyl groups is 1. The molecule has 2 aliphatic heterocycles. The lowest BCUT2D eigenvalue weighted by molar-refractivity contribution is -0.300. The number of carbonyl (C=O) groups excluding carboxylic acids is 2. The van der Waals surface area contributed by atoms with Gasteiger partial charge in [0, 0.05) is 42.3 Å². The molecule has 5 nitrogen and oxygen atoms in total. The van der Waals surface area contributed by atoms with Crippen molar-refractivity contribution < 1.29 is 19.4 Å². The van der Waals surface area contributed by atoms with E-state index in [0.29, 0.717) is 6.42 Å². The van der Waals surface area contributed by atoms with Crippen molar-refractivity contribution in [1.29, 1.82) is 0 Å². The van der Waals surface area contributed by atoms with Crippen molar-refractivity contribution >= 4 is 11.6 Å². The van der Waals surface area contributed by atoms with Crippen LogP contribution in [0.25, 0.3) is 0 Å². The molecule has 132 valence electrons. The predicted molar refractivity (Wildman–Crippen MR) is 88.6 cm³/mol. The van der Waals surface area contributed by atoms with E-state index in [1.165, 1.54) is 0 Å². The molecule has 25 heavy (non-hydrogen) atoms. The van der Waals surface area contributed by atoms with E-state index in [1.54, 1.807) is 6.08 Å². The fourth-order valence-corrected chi connectivity index (χ4v) is 7.94. The number of hydrogen-bond donors (Lipinski definition) is 1. The van der Waals surface area contributed by atoms with Crippen molar-refractivity contribution in [3.8, 4) is 0 Å². The molecule has 1 spiro atoms. The molecule has 2 bridgehead atoms. The maximum Gasteiger partial charge on any atom is 0.184 e. The second kappa shape index (κ2) is 4.16. The van der Waals surface area contributed by atoms with Crippen LogP contribution < -0.4 is 0 Å². The molecule has 0 radical (unpaired) electrons. The minimum absolute atomic E-state index is 0.0223.